The summed E-state index contributed by atoms with van der Waals surface area (Å²) in [6.45, 7) is 8.55. The SMILES string of the molecule is CC[C@H](C)[C@H](NC(=O)[C@H](CCC(=O)O)NC(=O)[C@H](CC(N)=O)NC(=O)[C@@H](NC(=O)[C@H](CO)NC(=O)[C@H](CO)NC(=O)[C@@H](NC(=O)CNC(=O)[C@@H](NC(=O)[C@H](CCC(=O)O)NC(=O)[C@H](CC(N)=O)NC(=O)[C@@H](NC(=O)[C@H](CO)NC(=O)[C@H](CO)NC(=O)[C@@H](NC(=O)[C@@H](N)CS)[C@@H](C)CC)[C@@H](C)O)[C@@H](C)CC)[C@@H](C)CC)[C@@H](C)O)C(=O)O. The molecule has 0 aromatic heterocycles. The van der Waals surface area contributed by atoms with E-state index in [1.165, 1.54) is 20.8 Å². The van der Waals surface area contributed by atoms with Crippen LogP contribution in [0.3, 0.4) is 0 Å². The summed E-state index contributed by atoms with van der Waals surface area (Å²) in [5, 5.41) is 123. The molecule has 48 heteroatoms. The van der Waals surface area contributed by atoms with Crippen LogP contribution < -0.4 is 97.0 Å². The van der Waals surface area contributed by atoms with Gasteiger partial charge in [-0.2, -0.15) is 12.6 Å². The minimum atomic E-state index is -2.11. The van der Waals surface area contributed by atoms with Crippen molar-refractivity contribution in [3.63, 3.8) is 0 Å². The van der Waals surface area contributed by atoms with Crippen LogP contribution in [-0.4, -0.2) is 306 Å². The molecule has 115 heavy (non-hydrogen) atoms. The van der Waals surface area contributed by atoms with E-state index < -0.39 is 316 Å². The standard InChI is InChI=1S/C67H114N18O29S/c1-11-27(5)47(82-54(100)34(15-17-45(95)96)72-56(102)36(19-42(69)92)74-65(111)51(31(9)90)85-61(107)41(25-89)77-59(105)39(23-87)79-64(110)49(29(7)13-3)81-53(99)33(68)26-115)62(108)71-21-44(94)80-48(28(6)12-2)63(109)78-38(22-86)58(104)76-40(24-88)60(106)84-52(32(10)91)66(112)75-37(20-43(70)93)57(103)73-35(16-18-46(97)98)55(101)83-50(67(113)114)30(8)14-4/h27-41,47-52,86-91,115H,11-26,68H2,1-10H3,(H2,69,92)(H2,70,93)(H,71,108)(H,72,102)(H,73,103)(H,74,111)(H,75,112)(H,76,104)(H,77,105)(H,78,109)(H,79,110)(H,80,94)(H,81,99)(H,82,100)(H,83,101)(H,84,106)(H,85,107)(H,95,96)(H,97,98)(H,113,114)/t27-,28-,29-,30-,31+,32+,33-,34-,35-,36-,37-,38-,39-,40-,41-,47-,48-,49-,50-,51-,52-/m0/s1. The van der Waals surface area contributed by atoms with Crippen LogP contribution in [0.1, 0.15) is 133 Å². The largest absolute Gasteiger partial charge is 0.481 e. The molecule has 0 heterocycles. The van der Waals surface area contributed by atoms with Crippen LogP contribution in [0.4, 0.5) is 0 Å². The first kappa shape index (κ1) is 104. The lowest BCUT2D eigenvalue weighted by atomic mass is 9.97. The third kappa shape index (κ3) is 36.7. The molecule has 0 aromatic rings. The Bertz CT molecular complexity index is 3390. The molecule has 0 rings (SSSR count). The molecule has 0 saturated carbocycles. The Morgan fingerprint density at radius 2 is 0.565 bits per heavy atom. The van der Waals surface area contributed by atoms with Crippen LogP contribution >= 0.6 is 12.6 Å². The molecule has 0 unspecified atom stereocenters. The second-order valence-electron chi connectivity index (χ2n) is 27.3. The first-order chi connectivity index (χ1) is 53.7. The van der Waals surface area contributed by atoms with Gasteiger partial charge in [0.15, 0.2) is 0 Å². The number of carbonyl (C=O) groups excluding carboxylic acids is 17. The molecule has 21 atom stereocenters. The Morgan fingerprint density at radius 3 is 0.861 bits per heavy atom. The predicted octanol–water partition coefficient (Wildman–Crippen LogP) is -12.4. The highest BCUT2D eigenvalue weighted by molar-refractivity contribution is 7.80. The van der Waals surface area contributed by atoms with Gasteiger partial charge in [-0.25, -0.2) is 4.79 Å². The molecule has 17 amide bonds. The van der Waals surface area contributed by atoms with Gasteiger partial charge in [0.25, 0.3) is 0 Å². The highest BCUT2D eigenvalue weighted by atomic mass is 32.1. The smallest absolute Gasteiger partial charge is 0.326 e. The number of amides is 17. The lowest BCUT2D eigenvalue weighted by molar-refractivity contribution is -0.144. The zero-order chi connectivity index (χ0) is 88.6. The maximum absolute atomic E-state index is 14.1. The van der Waals surface area contributed by atoms with Crippen molar-refractivity contribution in [3.05, 3.63) is 0 Å². The maximum atomic E-state index is 14.1. The quantitative estimate of drug-likeness (QED) is 0.0251. The van der Waals surface area contributed by atoms with Gasteiger partial charge < -0.3 is 143 Å². The van der Waals surface area contributed by atoms with Crippen molar-refractivity contribution < 1.29 is 142 Å². The number of hydrogen-bond donors (Lipinski definition) is 28. The lowest BCUT2D eigenvalue weighted by Gasteiger charge is -2.29. The lowest BCUT2D eigenvalue weighted by Crippen LogP contribution is -2.63. The molecule has 0 aromatic carbocycles. The summed E-state index contributed by atoms with van der Waals surface area (Å²) in [6, 6.07) is -27.1. The average Bonchev–Trinajstić information content (AvgIpc) is 0.853. The number of nitrogens with two attached hydrogens (primary N) is 3. The normalized spacial score (nSPS) is 16.6. The summed E-state index contributed by atoms with van der Waals surface area (Å²) in [6.07, 6.45) is -8.06. The van der Waals surface area contributed by atoms with Crippen molar-refractivity contribution in [3.8, 4) is 0 Å². The monoisotopic (exact) mass is 1670 g/mol. The van der Waals surface area contributed by atoms with Crippen molar-refractivity contribution in [1.82, 2.24) is 79.8 Å². The van der Waals surface area contributed by atoms with Crippen LogP contribution in [0, 0.1) is 23.7 Å². The molecule has 0 aliphatic carbocycles. The Balaban J connectivity index is 6.59. The Labute approximate surface area is 666 Å². The summed E-state index contributed by atoms with van der Waals surface area (Å²) in [5.74, 6) is -28.6. The summed E-state index contributed by atoms with van der Waals surface area (Å²) in [5.41, 5.74) is 16.4. The molecule has 0 fully saturated rings. The van der Waals surface area contributed by atoms with E-state index in [0.29, 0.717) is 6.42 Å². The van der Waals surface area contributed by atoms with Gasteiger partial charge in [-0.05, 0) is 50.4 Å². The minimum Gasteiger partial charge on any atom is -0.481 e. The number of carbonyl (C=O) groups is 20. The zero-order valence-electron chi connectivity index (χ0n) is 65.3. The fourth-order valence-electron chi connectivity index (χ4n) is 10.3. The van der Waals surface area contributed by atoms with Crippen LogP contribution in [0.5, 0.6) is 0 Å². The van der Waals surface area contributed by atoms with E-state index in [1.807, 2.05) is 21.3 Å². The van der Waals surface area contributed by atoms with Crippen LogP contribution in [-0.2, 0) is 95.9 Å². The fourth-order valence-corrected chi connectivity index (χ4v) is 10.4. The fraction of sp³-hybridized carbons (Fsp3) is 0.701. The highest BCUT2D eigenvalue weighted by Gasteiger charge is 2.41. The van der Waals surface area contributed by atoms with Crippen molar-refractivity contribution in [2.24, 2.45) is 40.9 Å². The van der Waals surface area contributed by atoms with Crippen molar-refractivity contribution in [2.45, 2.75) is 236 Å². The summed E-state index contributed by atoms with van der Waals surface area (Å²) < 4.78 is 0. The summed E-state index contributed by atoms with van der Waals surface area (Å²) in [7, 11) is 0. The van der Waals surface area contributed by atoms with E-state index in [9.17, 15) is 142 Å². The number of carboxylic acids is 3. The summed E-state index contributed by atoms with van der Waals surface area (Å²) >= 11 is 3.96. The third-order valence-corrected chi connectivity index (χ3v) is 18.5. The van der Waals surface area contributed by atoms with E-state index in [1.54, 1.807) is 34.6 Å². The molecule has 0 spiro atoms. The highest BCUT2D eigenvalue weighted by Crippen LogP contribution is 2.15. The number of nitrogens with one attached hydrogen (secondary N) is 15. The van der Waals surface area contributed by atoms with Gasteiger partial charge in [-0.15, -0.1) is 0 Å². The van der Waals surface area contributed by atoms with Crippen molar-refractivity contribution in [1.29, 1.82) is 0 Å². The molecule has 0 radical (unpaired) electrons. The number of aliphatic hydroxyl groups is 6. The zero-order valence-corrected chi connectivity index (χ0v) is 66.2. The van der Waals surface area contributed by atoms with Gasteiger partial charge in [-0.1, -0.05) is 81.1 Å². The molecule has 652 valence electrons. The molecule has 47 nitrogen and oxygen atoms in total. The van der Waals surface area contributed by atoms with E-state index in [2.05, 4.69) is 71.1 Å². The number of rotatable bonds is 56. The van der Waals surface area contributed by atoms with E-state index in [0.717, 1.165) is 13.8 Å². The van der Waals surface area contributed by atoms with Gasteiger partial charge in [-0.3, -0.25) is 91.1 Å². The first-order valence-corrected chi connectivity index (χ1v) is 37.2. The molecular weight excluding hydrogens is 1550 g/mol. The Hall–Kier alpha value is -10.5. The number of thiol groups is 1. The molecule has 0 bridgehead atoms. The van der Waals surface area contributed by atoms with E-state index in [4.69, 9.17) is 17.2 Å². The first-order valence-electron chi connectivity index (χ1n) is 36.6. The van der Waals surface area contributed by atoms with Crippen LogP contribution in [0.2, 0.25) is 0 Å². The average molecular weight is 1670 g/mol. The Morgan fingerprint density at radius 1 is 0.322 bits per heavy atom. The number of carboxylic acid groups (broad SMARTS) is 3. The van der Waals surface area contributed by atoms with Crippen molar-refractivity contribution in [2.75, 3.05) is 38.7 Å². The van der Waals surface area contributed by atoms with E-state index >= 15 is 0 Å². The van der Waals surface area contributed by atoms with Gasteiger partial charge in [0.2, 0.25) is 100 Å². The van der Waals surface area contributed by atoms with Crippen molar-refractivity contribution >= 4 is 131 Å². The molecule has 0 aliphatic heterocycles. The number of primary amides is 2. The van der Waals surface area contributed by atoms with E-state index in [-0.39, 0.29) is 25.0 Å². The topological polar surface area (TPSA) is 782 Å². The number of hydrogen-bond acceptors (Lipinski definition) is 28. The van der Waals surface area contributed by atoms with Gasteiger partial charge in [0.1, 0.15) is 84.6 Å². The molecule has 0 saturated heterocycles. The predicted molar refractivity (Wildman–Crippen MR) is 400 cm³/mol. The number of aliphatic carboxylic acids is 3. The minimum absolute atomic E-state index is 0.0953. The van der Waals surface area contributed by atoms with Gasteiger partial charge in [0.05, 0.1) is 64.1 Å². The van der Waals surface area contributed by atoms with Crippen LogP contribution in [0.25, 0.3) is 0 Å². The second kappa shape index (κ2) is 52.8. The Kier molecular flexibility index (Phi) is 47.9. The molecule has 0 aliphatic rings. The summed E-state index contributed by atoms with van der Waals surface area (Å²) in [4.78, 5) is 264. The maximum Gasteiger partial charge on any atom is 0.326 e. The van der Waals surface area contributed by atoms with Gasteiger partial charge in [0, 0.05) is 18.6 Å². The number of aliphatic hydroxyl groups excluding tert-OH is 6. The molecule has 30 N–H and O–H groups in total. The van der Waals surface area contributed by atoms with Gasteiger partial charge >= 0.3 is 17.9 Å². The third-order valence-electron chi connectivity index (χ3n) is 18.2. The molecular formula is C67H114N18O29S. The second-order valence-corrected chi connectivity index (χ2v) is 27.6. The van der Waals surface area contributed by atoms with Crippen LogP contribution in [0.15, 0.2) is 0 Å².